The molecule has 0 radical (unpaired) electrons. The lowest BCUT2D eigenvalue weighted by molar-refractivity contribution is -0.121. The highest BCUT2D eigenvalue weighted by atomic mass is 79.9. The van der Waals surface area contributed by atoms with Crippen molar-refractivity contribution in [1.82, 2.24) is 4.90 Å². The van der Waals surface area contributed by atoms with Gasteiger partial charge in [0, 0.05) is 17.6 Å². The second-order valence-corrected chi connectivity index (χ2v) is 7.40. The van der Waals surface area contributed by atoms with Crippen LogP contribution < -0.4 is 5.32 Å². The number of anilines is 1. The maximum Gasteiger partial charge on any atom is 0.241 e. The molecule has 3 atom stereocenters. The summed E-state index contributed by atoms with van der Waals surface area (Å²) in [7, 11) is 0. The van der Waals surface area contributed by atoms with Gasteiger partial charge >= 0.3 is 0 Å². The maximum absolute atomic E-state index is 12.5. The Kier molecular flexibility index (Phi) is 5.44. The van der Waals surface area contributed by atoms with Crippen LogP contribution in [0.2, 0.25) is 0 Å². The van der Waals surface area contributed by atoms with Crippen LogP contribution in [0.3, 0.4) is 0 Å². The number of nitrogens with one attached hydrogen (secondary N) is 1. The second kappa shape index (κ2) is 6.93. The summed E-state index contributed by atoms with van der Waals surface area (Å²) in [5.74, 6) is 1.39. The van der Waals surface area contributed by atoms with E-state index in [1.165, 1.54) is 12.0 Å². The molecule has 1 aromatic carbocycles. The van der Waals surface area contributed by atoms with Crippen LogP contribution in [0.1, 0.15) is 32.8 Å². The highest BCUT2D eigenvalue weighted by Crippen LogP contribution is 2.25. The van der Waals surface area contributed by atoms with E-state index in [9.17, 15) is 4.79 Å². The first-order chi connectivity index (χ1) is 9.86. The molecule has 4 heteroatoms. The average molecular weight is 353 g/mol. The monoisotopic (exact) mass is 352 g/mol. The largest absolute Gasteiger partial charge is 0.324 e. The molecule has 116 valence electrons. The molecule has 1 N–H and O–H groups in total. The third-order valence-corrected chi connectivity index (χ3v) is 4.86. The lowest BCUT2D eigenvalue weighted by atomic mass is 9.91. The number of likely N-dealkylation sites (tertiary alicyclic amines) is 1. The number of piperidine rings is 1. The molecule has 1 aliphatic rings. The van der Waals surface area contributed by atoms with Gasteiger partial charge in [-0.3, -0.25) is 9.69 Å². The van der Waals surface area contributed by atoms with Crippen LogP contribution in [0.15, 0.2) is 22.7 Å². The molecule has 1 fully saturated rings. The lowest BCUT2D eigenvalue weighted by Crippen LogP contribution is -2.48. The summed E-state index contributed by atoms with van der Waals surface area (Å²) in [6.07, 6.45) is 1.26. The maximum atomic E-state index is 12.5. The number of hydrogen-bond acceptors (Lipinski definition) is 2. The molecule has 1 heterocycles. The molecule has 2 rings (SSSR count). The van der Waals surface area contributed by atoms with E-state index in [1.54, 1.807) is 0 Å². The highest BCUT2D eigenvalue weighted by molar-refractivity contribution is 9.10. The standard InChI is InChI=1S/C17H25BrN2O/c1-11-5-6-16(15(18)8-11)19-17(21)14(4)20-9-12(2)7-13(3)10-20/h5-6,8,12-14H,7,9-10H2,1-4H3,(H,19,21). The minimum atomic E-state index is -0.0941. The van der Waals surface area contributed by atoms with Gasteiger partial charge in [0.05, 0.1) is 11.7 Å². The van der Waals surface area contributed by atoms with E-state index in [2.05, 4.69) is 40.0 Å². The first kappa shape index (κ1) is 16.5. The van der Waals surface area contributed by atoms with Gasteiger partial charge in [-0.05, 0) is 65.7 Å². The summed E-state index contributed by atoms with van der Waals surface area (Å²) in [6, 6.07) is 5.88. The number of hydrogen-bond donors (Lipinski definition) is 1. The van der Waals surface area contributed by atoms with Crippen LogP contribution in [0.25, 0.3) is 0 Å². The minimum Gasteiger partial charge on any atom is -0.324 e. The fourth-order valence-electron chi connectivity index (χ4n) is 3.15. The summed E-state index contributed by atoms with van der Waals surface area (Å²) in [5, 5.41) is 3.04. The van der Waals surface area contributed by atoms with Crippen LogP contribution >= 0.6 is 15.9 Å². The molecular formula is C17H25BrN2O. The van der Waals surface area contributed by atoms with Gasteiger partial charge in [0.25, 0.3) is 0 Å². The van der Waals surface area contributed by atoms with Crippen LogP contribution in [-0.2, 0) is 4.79 Å². The Morgan fingerprint density at radius 1 is 1.33 bits per heavy atom. The number of aryl methyl sites for hydroxylation is 1. The van der Waals surface area contributed by atoms with Crippen LogP contribution in [0, 0.1) is 18.8 Å². The van der Waals surface area contributed by atoms with Gasteiger partial charge in [-0.2, -0.15) is 0 Å². The molecule has 0 spiro atoms. The predicted molar refractivity (Wildman–Crippen MR) is 91.5 cm³/mol. The zero-order chi connectivity index (χ0) is 15.6. The molecule has 0 bridgehead atoms. The van der Waals surface area contributed by atoms with E-state index in [0.29, 0.717) is 11.8 Å². The van der Waals surface area contributed by atoms with E-state index in [-0.39, 0.29) is 11.9 Å². The SMILES string of the molecule is Cc1ccc(NC(=O)C(C)N2CC(C)CC(C)C2)c(Br)c1. The fraction of sp³-hybridized carbons (Fsp3) is 0.588. The summed E-state index contributed by atoms with van der Waals surface area (Å²) in [6.45, 7) is 10.6. The number of rotatable bonds is 3. The Labute approximate surface area is 136 Å². The normalized spacial score (nSPS) is 24.6. The van der Waals surface area contributed by atoms with E-state index in [0.717, 1.165) is 23.2 Å². The molecule has 0 saturated carbocycles. The van der Waals surface area contributed by atoms with Crippen LogP contribution in [0.5, 0.6) is 0 Å². The molecule has 1 aromatic rings. The van der Waals surface area contributed by atoms with Crippen molar-refractivity contribution in [1.29, 1.82) is 0 Å². The molecule has 0 aliphatic carbocycles. The summed E-state index contributed by atoms with van der Waals surface area (Å²) >= 11 is 3.51. The van der Waals surface area contributed by atoms with Gasteiger partial charge in [0.1, 0.15) is 0 Å². The van der Waals surface area contributed by atoms with E-state index in [4.69, 9.17) is 0 Å². The van der Waals surface area contributed by atoms with Crippen molar-refractivity contribution in [2.45, 2.75) is 40.2 Å². The smallest absolute Gasteiger partial charge is 0.241 e. The predicted octanol–water partition coefficient (Wildman–Crippen LogP) is 4.06. The third-order valence-electron chi connectivity index (χ3n) is 4.21. The van der Waals surface area contributed by atoms with Gasteiger partial charge < -0.3 is 5.32 Å². The van der Waals surface area contributed by atoms with Gasteiger partial charge in [-0.1, -0.05) is 19.9 Å². The Morgan fingerprint density at radius 3 is 2.52 bits per heavy atom. The zero-order valence-electron chi connectivity index (χ0n) is 13.3. The fourth-order valence-corrected chi connectivity index (χ4v) is 3.74. The molecule has 1 saturated heterocycles. The Morgan fingerprint density at radius 2 is 1.95 bits per heavy atom. The minimum absolute atomic E-state index is 0.0702. The van der Waals surface area contributed by atoms with Crippen molar-refractivity contribution in [2.75, 3.05) is 18.4 Å². The molecule has 0 aromatic heterocycles. The Balaban J connectivity index is 2.02. The number of halogens is 1. The number of carbonyl (C=O) groups excluding carboxylic acids is 1. The van der Waals surface area contributed by atoms with Gasteiger partial charge in [-0.25, -0.2) is 0 Å². The number of carbonyl (C=O) groups is 1. The Hall–Kier alpha value is -0.870. The first-order valence-corrected chi connectivity index (χ1v) is 8.47. The molecule has 1 aliphatic heterocycles. The summed E-state index contributed by atoms with van der Waals surface area (Å²) in [4.78, 5) is 14.8. The van der Waals surface area contributed by atoms with Crippen molar-refractivity contribution in [3.05, 3.63) is 28.2 Å². The van der Waals surface area contributed by atoms with Gasteiger partial charge in [-0.15, -0.1) is 0 Å². The van der Waals surface area contributed by atoms with Crippen molar-refractivity contribution >= 4 is 27.5 Å². The van der Waals surface area contributed by atoms with Crippen molar-refractivity contribution in [3.8, 4) is 0 Å². The van der Waals surface area contributed by atoms with E-state index in [1.807, 2.05) is 32.0 Å². The van der Waals surface area contributed by atoms with Crippen molar-refractivity contribution in [2.24, 2.45) is 11.8 Å². The van der Waals surface area contributed by atoms with Gasteiger partial charge in [0.15, 0.2) is 0 Å². The van der Waals surface area contributed by atoms with E-state index >= 15 is 0 Å². The summed E-state index contributed by atoms with van der Waals surface area (Å²) in [5.41, 5.74) is 2.02. The van der Waals surface area contributed by atoms with Crippen molar-refractivity contribution in [3.63, 3.8) is 0 Å². The average Bonchev–Trinajstić information content (AvgIpc) is 2.40. The third kappa shape index (κ3) is 4.30. The molecule has 3 unspecified atom stereocenters. The van der Waals surface area contributed by atoms with Gasteiger partial charge in [0.2, 0.25) is 5.91 Å². The molecule has 1 amide bonds. The molecular weight excluding hydrogens is 328 g/mol. The van der Waals surface area contributed by atoms with Crippen LogP contribution in [-0.4, -0.2) is 29.9 Å². The first-order valence-electron chi connectivity index (χ1n) is 7.68. The highest BCUT2D eigenvalue weighted by Gasteiger charge is 2.28. The summed E-state index contributed by atoms with van der Waals surface area (Å²) < 4.78 is 0.934. The number of benzene rings is 1. The topological polar surface area (TPSA) is 32.3 Å². The second-order valence-electron chi connectivity index (χ2n) is 6.55. The van der Waals surface area contributed by atoms with Crippen LogP contribution in [0.4, 0.5) is 5.69 Å². The number of nitrogens with zero attached hydrogens (tertiary/aromatic N) is 1. The van der Waals surface area contributed by atoms with Crippen molar-refractivity contribution < 1.29 is 4.79 Å². The zero-order valence-corrected chi connectivity index (χ0v) is 14.9. The lowest BCUT2D eigenvalue weighted by Gasteiger charge is -2.38. The quantitative estimate of drug-likeness (QED) is 0.889. The molecule has 3 nitrogen and oxygen atoms in total. The molecule has 21 heavy (non-hydrogen) atoms. The number of amides is 1. The Bertz CT molecular complexity index is 508. The van der Waals surface area contributed by atoms with E-state index < -0.39 is 0 Å².